The quantitative estimate of drug-likeness (QED) is 0.708. The van der Waals surface area contributed by atoms with Gasteiger partial charge < -0.3 is 20.7 Å². The van der Waals surface area contributed by atoms with Crippen LogP contribution in [-0.4, -0.2) is 31.5 Å². The first-order chi connectivity index (χ1) is 13.5. The SMILES string of the molecule is COc1cc(N[C@@H](C(=O)NC(N)=O)c2ccccc2)ccc1N1CCCC1=O. The number of methoxy groups -OCH3 is 1. The second-order valence-electron chi connectivity index (χ2n) is 6.38. The van der Waals surface area contributed by atoms with Crippen LogP contribution in [0.3, 0.4) is 0 Å². The van der Waals surface area contributed by atoms with Gasteiger partial charge in [0, 0.05) is 24.7 Å². The first kappa shape index (κ1) is 19.2. The zero-order valence-electron chi connectivity index (χ0n) is 15.5. The third kappa shape index (κ3) is 4.22. The zero-order valence-corrected chi connectivity index (χ0v) is 15.5. The van der Waals surface area contributed by atoms with Crippen LogP contribution < -0.4 is 26.0 Å². The number of hydrogen-bond donors (Lipinski definition) is 3. The van der Waals surface area contributed by atoms with Gasteiger partial charge in [0.25, 0.3) is 5.91 Å². The smallest absolute Gasteiger partial charge is 0.318 e. The number of nitrogens with one attached hydrogen (secondary N) is 2. The number of amides is 4. The topological polar surface area (TPSA) is 114 Å². The Labute approximate surface area is 162 Å². The molecule has 0 aromatic heterocycles. The molecule has 146 valence electrons. The van der Waals surface area contributed by atoms with Gasteiger partial charge in [-0.05, 0) is 24.1 Å². The van der Waals surface area contributed by atoms with Crippen LogP contribution in [0.4, 0.5) is 16.2 Å². The van der Waals surface area contributed by atoms with Gasteiger partial charge in [-0.2, -0.15) is 0 Å². The highest BCUT2D eigenvalue weighted by Gasteiger charge is 2.26. The fourth-order valence-electron chi connectivity index (χ4n) is 3.20. The molecule has 1 aliphatic heterocycles. The molecule has 0 bridgehead atoms. The van der Waals surface area contributed by atoms with Crippen molar-refractivity contribution in [2.24, 2.45) is 5.73 Å². The standard InChI is InChI=1S/C20H22N4O4/c1-28-16-12-14(9-10-15(16)24-11-5-8-17(24)25)22-18(19(26)23-20(21)27)13-6-3-2-4-7-13/h2-4,6-7,9-10,12,18,22H,5,8,11H2,1H3,(H3,21,23,26,27)/t18-/m1/s1. The summed E-state index contributed by atoms with van der Waals surface area (Å²) in [7, 11) is 1.53. The third-order valence-corrected chi connectivity index (χ3v) is 4.50. The molecule has 0 spiro atoms. The Morgan fingerprint density at radius 2 is 1.93 bits per heavy atom. The maximum atomic E-state index is 12.5. The van der Waals surface area contributed by atoms with Crippen LogP contribution in [-0.2, 0) is 9.59 Å². The van der Waals surface area contributed by atoms with E-state index in [0.717, 1.165) is 6.42 Å². The van der Waals surface area contributed by atoms with Gasteiger partial charge in [-0.1, -0.05) is 30.3 Å². The Bertz CT molecular complexity index is 885. The Kier molecular flexibility index (Phi) is 5.78. The number of nitrogens with two attached hydrogens (primary N) is 1. The van der Waals surface area contributed by atoms with E-state index in [1.54, 1.807) is 47.4 Å². The minimum Gasteiger partial charge on any atom is -0.494 e. The molecule has 2 aromatic rings. The van der Waals surface area contributed by atoms with Gasteiger partial charge >= 0.3 is 6.03 Å². The average molecular weight is 382 g/mol. The maximum absolute atomic E-state index is 12.5. The van der Waals surface area contributed by atoms with Crippen LogP contribution in [0.25, 0.3) is 0 Å². The Balaban J connectivity index is 1.89. The molecule has 1 fully saturated rings. The number of nitrogens with zero attached hydrogens (tertiary/aromatic N) is 1. The monoisotopic (exact) mass is 382 g/mol. The average Bonchev–Trinajstić information content (AvgIpc) is 3.11. The molecule has 0 radical (unpaired) electrons. The predicted octanol–water partition coefficient (Wildman–Crippen LogP) is 2.17. The molecule has 2 aromatic carbocycles. The third-order valence-electron chi connectivity index (χ3n) is 4.50. The molecule has 4 N–H and O–H groups in total. The van der Waals surface area contributed by atoms with Gasteiger partial charge in [-0.25, -0.2) is 4.79 Å². The largest absolute Gasteiger partial charge is 0.494 e. The molecule has 1 saturated heterocycles. The van der Waals surface area contributed by atoms with E-state index in [1.165, 1.54) is 7.11 Å². The van der Waals surface area contributed by atoms with Gasteiger partial charge in [0.1, 0.15) is 11.8 Å². The van der Waals surface area contributed by atoms with Crippen molar-refractivity contribution in [3.8, 4) is 5.75 Å². The molecule has 4 amide bonds. The van der Waals surface area contributed by atoms with Gasteiger partial charge in [0.05, 0.1) is 12.8 Å². The van der Waals surface area contributed by atoms with E-state index < -0.39 is 18.0 Å². The number of hydrogen-bond acceptors (Lipinski definition) is 5. The second-order valence-corrected chi connectivity index (χ2v) is 6.38. The van der Waals surface area contributed by atoms with Crippen LogP contribution in [0, 0.1) is 0 Å². The lowest BCUT2D eigenvalue weighted by atomic mass is 10.1. The second kappa shape index (κ2) is 8.43. The van der Waals surface area contributed by atoms with E-state index >= 15 is 0 Å². The maximum Gasteiger partial charge on any atom is 0.318 e. The van der Waals surface area contributed by atoms with Crippen LogP contribution >= 0.6 is 0 Å². The normalized spacial score (nSPS) is 14.5. The van der Waals surface area contributed by atoms with Crippen LogP contribution in [0.15, 0.2) is 48.5 Å². The molecular weight excluding hydrogens is 360 g/mol. The van der Waals surface area contributed by atoms with E-state index in [2.05, 4.69) is 10.6 Å². The van der Waals surface area contributed by atoms with Crippen molar-refractivity contribution >= 4 is 29.2 Å². The minimum absolute atomic E-state index is 0.0574. The van der Waals surface area contributed by atoms with Crippen molar-refractivity contribution in [2.75, 3.05) is 23.9 Å². The summed E-state index contributed by atoms with van der Waals surface area (Å²) in [6, 6.07) is 12.5. The van der Waals surface area contributed by atoms with Crippen LogP contribution in [0.2, 0.25) is 0 Å². The van der Waals surface area contributed by atoms with E-state index in [9.17, 15) is 14.4 Å². The highest BCUT2D eigenvalue weighted by Crippen LogP contribution is 2.34. The van der Waals surface area contributed by atoms with Crippen molar-refractivity contribution in [3.05, 3.63) is 54.1 Å². The fraction of sp³-hybridized carbons (Fsp3) is 0.250. The molecule has 8 nitrogen and oxygen atoms in total. The number of urea groups is 1. The molecule has 28 heavy (non-hydrogen) atoms. The number of ether oxygens (including phenoxy) is 1. The molecule has 8 heteroatoms. The van der Waals surface area contributed by atoms with E-state index in [-0.39, 0.29) is 5.91 Å². The number of carbonyl (C=O) groups excluding carboxylic acids is 3. The molecule has 1 aliphatic rings. The number of imide groups is 1. The van der Waals surface area contributed by atoms with Crippen LogP contribution in [0.1, 0.15) is 24.4 Å². The van der Waals surface area contributed by atoms with E-state index in [1.807, 2.05) is 6.07 Å². The zero-order chi connectivity index (χ0) is 20.1. The number of carbonyl (C=O) groups is 3. The molecule has 0 unspecified atom stereocenters. The lowest BCUT2D eigenvalue weighted by Crippen LogP contribution is -2.40. The van der Waals surface area contributed by atoms with Gasteiger partial charge in [-0.3, -0.25) is 14.9 Å². The summed E-state index contributed by atoms with van der Waals surface area (Å²) >= 11 is 0. The molecule has 0 saturated carbocycles. The summed E-state index contributed by atoms with van der Waals surface area (Å²) in [5.41, 5.74) is 7.05. The number of rotatable bonds is 6. The molecular formula is C20H22N4O4. The first-order valence-corrected chi connectivity index (χ1v) is 8.90. The summed E-state index contributed by atoms with van der Waals surface area (Å²) in [5, 5.41) is 5.21. The number of anilines is 2. The Hall–Kier alpha value is -3.55. The summed E-state index contributed by atoms with van der Waals surface area (Å²) in [6.45, 7) is 0.648. The summed E-state index contributed by atoms with van der Waals surface area (Å²) < 4.78 is 5.45. The molecule has 0 aliphatic carbocycles. The summed E-state index contributed by atoms with van der Waals surface area (Å²) in [4.78, 5) is 37.3. The number of primary amides is 1. The fourth-order valence-corrected chi connectivity index (χ4v) is 3.20. The highest BCUT2D eigenvalue weighted by atomic mass is 16.5. The van der Waals surface area contributed by atoms with Crippen molar-refractivity contribution in [2.45, 2.75) is 18.9 Å². The lowest BCUT2D eigenvalue weighted by molar-refractivity contribution is -0.121. The molecule has 1 atom stereocenters. The van der Waals surface area contributed by atoms with Crippen molar-refractivity contribution in [1.29, 1.82) is 0 Å². The van der Waals surface area contributed by atoms with Gasteiger partial charge in [-0.15, -0.1) is 0 Å². The molecule has 1 heterocycles. The lowest BCUT2D eigenvalue weighted by Gasteiger charge is -2.22. The highest BCUT2D eigenvalue weighted by molar-refractivity contribution is 5.99. The number of benzene rings is 2. The van der Waals surface area contributed by atoms with Crippen LogP contribution in [0.5, 0.6) is 5.75 Å². The van der Waals surface area contributed by atoms with Crippen molar-refractivity contribution in [1.82, 2.24) is 5.32 Å². The predicted molar refractivity (Wildman–Crippen MR) is 105 cm³/mol. The minimum atomic E-state index is -0.923. The molecule has 3 rings (SSSR count). The van der Waals surface area contributed by atoms with E-state index in [4.69, 9.17) is 10.5 Å². The van der Waals surface area contributed by atoms with E-state index in [0.29, 0.717) is 35.7 Å². The summed E-state index contributed by atoms with van der Waals surface area (Å²) in [5.74, 6) is 0.000780. The first-order valence-electron chi connectivity index (χ1n) is 8.90. The Morgan fingerprint density at radius 3 is 2.54 bits per heavy atom. The van der Waals surface area contributed by atoms with Gasteiger partial charge in [0.15, 0.2) is 0 Å². The van der Waals surface area contributed by atoms with Crippen molar-refractivity contribution in [3.63, 3.8) is 0 Å². The van der Waals surface area contributed by atoms with Gasteiger partial charge in [0.2, 0.25) is 5.91 Å². The Morgan fingerprint density at radius 1 is 1.18 bits per heavy atom. The van der Waals surface area contributed by atoms with Crippen molar-refractivity contribution < 1.29 is 19.1 Å². The summed E-state index contributed by atoms with van der Waals surface area (Å²) in [6.07, 6.45) is 1.33.